The van der Waals surface area contributed by atoms with Gasteiger partial charge in [0.2, 0.25) is 0 Å². The molecule has 0 spiro atoms. The zero-order chi connectivity index (χ0) is 9.97. The van der Waals surface area contributed by atoms with Crippen LogP contribution in [0.25, 0.3) is 11.3 Å². The quantitative estimate of drug-likeness (QED) is 0.785. The van der Waals surface area contributed by atoms with E-state index in [0.717, 1.165) is 22.6 Å². The Morgan fingerprint density at radius 3 is 3.00 bits per heavy atom. The first-order valence-corrected chi connectivity index (χ1v) is 4.50. The van der Waals surface area contributed by atoms with Crippen LogP contribution in [-0.4, -0.2) is 4.98 Å². The number of nitrogens with zero attached hydrogens (tertiary/aromatic N) is 1. The summed E-state index contributed by atoms with van der Waals surface area (Å²) in [5, 5.41) is 0. The molecule has 0 saturated carbocycles. The van der Waals surface area contributed by atoms with Gasteiger partial charge in [0.15, 0.2) is 0 Å². The lowest BCUT2D eigenvalue weighted by Gasteiger charge is -2.05. The van der Waals surface area contributed by atoms with Crippen molar-refractivity contribution >= 4 is 0 Å². The van der Waals surface area contributed by atoms with Crippen molar-refractivity contribution in [3.05, 3.63) is 41.9 Å². The van der Waals surface area contributed by atoms with Gasteiger partial charge in [-0.25, -0.2) is 0 Å². The van der Waals surface area contributed by atoms with Gasteiger partial charge in [-0.2, -0.15) is 0 Å². The molecule has 0 aliphatic heterocycles. The Morgan fingerprint density at radius 1 is 1.50 bits per heavy atom. The second-order valence-corrected chi connectivity index (χ2v) is 3.16. The molecule has 0 radical (unpaired) electrons. The number of aryl methyl sites for hydroxylation is 1. The molecule has 0 bridgehead atoms. The van der Waals surface area contributed by atoms with E-state index in [1.807, 2.05) is 25.1 Å². The molecule has 3 heteroatoms. The topological polar surface area (TPSA) is 52.0 Å². The summed E-state index contributed by atoms with van der Waals surface area (Å²) < 4.78 is 5.33. The number of furan rings is 1. The summed E-state index contributed by atoms with van der Waals surface area (Å²) in [6.45, 7) is 2.43. The van der Waals surface area contributed by atoms with Crippen LogP contribution in [0.1, 0.15) is 11.3 Å². The highest BCUT2D eigenvalue weighted by atomic mass is 16.3. The maximum Gasteiger partial charge on any atom is 0.134 e. The zero-order valence-electron chi connectivity index (χ0n) is 8.03. The fourth-order valence-corrected chi connectivity index (χ4v) is 1.41. The Hall–Kier alpha value is -1.61. The molecule has 0 aliphatic carbocycles. The van der Waals surface area contributed by atoms with Crippen molar-refractivity contribution < 1.29 is 4.42 Å². The molecule has 2 heterocycles. The maximum absolute atomic E-state index is 5.63. The van der Waals surface area contributed by atoms with Gasteiger partial charge in [0, 0.05) is 24.0 Å². The van der Waals surface area contributed by atoms with Crippen LogP contribution < -0.4 is 5.73 Å². The second kappa shape index (κ2) is 3.64. The van der Waals surface area contributed by atoms with Gasteiger partial charge in [-0.3, -0.25) is 4.98 Å². The molecule has 2 aromatic rings. The van der Waals surface area contributed by atoms with E-state index in [-0.39, 0.29) is 0 Å². The number of rotatable bonds is 2. The third-order valence-corrected chi connectivity index (χ3v) is 2.13. The van der Waals surface area contributed by atoms with Crippen LogP contribution in [0.3, 0.4) is 0 Å². The molecule has 0 aromatic carbocycles. The summed E-state index contributed by atoms with van der Waals surface area (Å²) in [6, 6.07) is 5.78. The molecule has 0 saturated heterocycles. The van der Waals surface area contributed by atoms with Gasteiger partial charge in [0.05, 0.1) is 6.26 Å². The van der Waals surface area contributed by atoms with Crippen molar-refractivity contribution in [3.8, 4) is 11.3 Å². The molecule has 2 N–H and O–H groups in total. The first-order valence-electron chi connectivity index (χ1n) is 4.50. The molecule has 0 fully saturated rings. The number of pyridine rings is 1. The Labute approximate surface area is 82.6 Å². The Bertz CT molecular complexity index is 421. The normalized spacial score (nSPS) is 10.4. The monoisotopic (exact) mass is 188 g/mol. The summed E-state index contributed by atoms with van der Waals surface area (Å²) >= 11 is 0. The Kier molecular flexibility index (Phi) is 2.33. The summed E-state index contributed by atoms with van der Waals surface area (Å²) in [5.74, 6) is 0.843. The summed E-state index contributed by atoms with van der Waals surface area (Å²) in [4.78, 5) is 4.20. The highest BCUT2D eigenvalue weighted by Crippen LogP contribution is 2.23. The molecule has 2 rings (SSSR count). The van der Waals surface area contributed by atoms with Gasteiger partial charge in [0.25, 0.3) is 0 Å². The van der Waals surface area contributed by atoms with Crippen molar-refractivity contribution in [1.82, 2.24) is 4.98 Å². The lowest BCUT2D eigenvalue weighted by molar-refractivity contribution is 0.581. The molecule has 14 heavy (non-hydrogen) atoms. The predicted molar refractivity (Wildman–Crippen MR) is 54.6 cm³/mol. The molecule has 2 aromatic heterocycles. The molecular weight excluding hydrogens is 176 g/mol. The largest absolute Gasteiger partial charge is 0.464 e. The lowest BCUT2D eigenvalue weighted by Crippen LogP contribution is -2.00. The van der Waals surface area contributed by atoms with E-state index in [1.54, 1.807) is 12.5 Å². The van der Waals surface area contributed by atoms with Crippen molar-refractivity contribution in [2.75, 3.05) is 0 Å². The van der Waals surface area contributed by atoms with E-state index in [1.165, 1.54) is 0 Å². The van der Waals surface area contributed by atoms with Crippen molar-refractivity contribution in [2.45, 2.75) is 13.5 Å². The Morgan fingerprint density at radius 2 is 2.36 bits per heavy atom. The van der Waals surface area contributed by atoms with Crippen LogP contribution in [0.4, 0.5) is 0 Å². The number of hydrogen-bond acceptors (Lipinski definition) is 3. The molecule has 0 amide bonds. The smallest absolute Gasteiger partial charge is 0.134 e. The van der Waals surface area contributed by atoms with Crippen LogP contribution in [0, 0.1) is 6.92 Å². The molecule has 0 atom stereocenters. The number of hydrogen-bond donors (Lipinski definition) is 1. The van der Waals surface area contributed by atoms with Gasteiger partial charge in [0.1, 0.15) is 5.76 Å². The third-order valence-electron chi connectivity index (χ3n) is 2.13. The highest BCUT2D eigenvalue weighted by molar-refractivity contribution is 5.61. The zero-order valence-corrected chi connectivity index (χ0v) is 8.03. The van der Waals surface area contributed by atoms with E-state index in [9.17, 15) is 0 Å². The minimum atomic E-state index is 0.476. The number of aromatic nitrogens is 1. The molecule has 0 unspecified atom stereocenters. The van der Waals surface area contributed by atoms with Gasteiger partial charge in [-0.15, -0.1) is 0 Å². The first-order chi connectivity index (χ1) is 6.81. The van der Waals surface area contributed by atoms with Crippen LogP contribution in [0.5, 0.6) is 0 Å². The SMILES string of the molecule is Cc1cc(-c2ccco2)c(CN)cn1. The standard InChI is InChI=1S/C11H12N2O/c1-8-5-10(9(6-12)7-13-8)11-3-2-4-14-11/h2-5,7H,6,12H2,1H3. The van der Waals surface area contributed by atoms with Crippen molar-refractivity contribution in [1.29, 1.82) is 0 Å². The first kappa shape index (κ1) is 8.97. The summed E-state index contributed by atoms with van der Waals surface area (Å²) in [6.07, 6.45) is 3.46. The van der Waals surface area contributed by atoms with Crippen LogP contribution in [0.15, 0.2) is 35.1 Å². The Balaban J connectivity index is 2.55. The average Bonchev–Trinajstić information content (AvgIpc) is 2.70. The molecule has 72 valence electrons. The predicted octanol–water partition coefficient (Wildman–Crippen LogP) is 2.11. The lowest BCUT2D eigenvalue weighted by atomic mass is 10.1. The fourth-order valence-electron chi connectivity index (χ4n) is 1.41. The minimum absolute atomic E-state index is 0.476. The summed E-state index contributed by atoms with van der Waals surface area (Å²) in [5.41, 5.74) is 8.63. The van der Waals surface area contributed by atoms with Crippen molar-refractivity contribution in [3.63, 3.8) is 0 Å². The highest BCUT2D eigenvalue weighted by Gasteiger charge is 2.06. The van der Waals surface area contributed by atoms with Gasteiger partial charge in [-0.1, -0.05) is 0 Å². The summed E-state index contributed by atoms with van der Waals surface area (Å²) in [7, 11) is 0. The van der Waals surface area contributed by atoms with Gasteiger partial charge < -0.3 is 10.2 Å². The second-order valence-electron chi connectivity index (χ2n) is 3.16. The minimum Gasteiger partial charge on any atom is -0.464 e. The fraction of sp³-hybridized carbons (Fsp3) is 0.182. The average molecular weight is 188 g/mol. The molecule has 3 nitrogen and oxygen atoms in total. The van der Waals surface area contributed by atoms with E-state index >= 15 is 0 Å². The number of nitrogens with two attached hydrogens (primary N) is 1. The van der Waals surface area contributed by atoms with Crippen LogP contribution in [-0.2, 0) is 6.54 Å². The van der Waals surface area contributed by atoms with Crippen LogP contribution >= 0.6 is 0 Å². The van der Waals surface area contributed by atoms with Gasteiger partial charge >= 0.3 is 0 Å². The maximum atomic E-state index is 5.63. The van der Waals surface area contributed by atoms with E-state index < -0.39 is 0 Å². The third kappa shape index (κ3) is 1.54. The van der Waals surface area contributed by atoms with E-state index in [2.05, 4.69) is 4.98 Å². The van der Waals surface area contributed by atoms with Crippen LogP contribution in [0.2, 0.25) is 0 Å². The van der Waals surface area contributed by atoms with E-state index in [0.29, 0.717) is 6.54 Å². The molecular formula is C11H12N2O. The van der Waals surface area contributed by atoms with E-state index in [4.69, 9.17) is 10.2 Å². The van der Waals surface area contributed by atoms with Crippen molar-refractivity contribution in [2.24, 2.45) is 5.73 Å². The molecule has 0 aliphatic rings. The van der Waals surface area contributed by atoms with Gasteiger partial charge in [-0.05, 0) is 30.7 Å².